The number of likely N-dealkylation sites (tertiary alicyclic amines) is 1. The fraction of sp³-hybridized carbons (Fsp3) is 0.600. The molecule has 1 aromatic rings. The Balaban J connectivity index is 1.94. The molecule has 0 aromatic carbocycles. The minimum absolute atomic E-state index is 0.311. The highest BCUT2D eigenvalue weighted by molar-refractivity contribution is 7.09. The van der Waals surface area contributed by atoms with Crippen LogP contribution in [0.2, 0.25) is 0 Å². The van der Waals surface area contributed by atoms with E-state index in [0.29, 0.717) is 12.6 Å². The first-order chi connectivity index (χ1) is 6.40. The molecule has 1 N–H and O–H groups in total. The fourth-order valence-corrected chi connectivity index (χ4v) is 2.64. The maximum Gasteiger partial charge on any atom is 0.0587 e. The third-order valence-corrected chi connectivity index (χ3v) is 3.51. The average Bonchev–Trinajstić information content (AvgIpc) is 2.76. The molecular formula is C10H15NOS. The van der Waals surface area contributed by atoms with Crippen LogP contribution in [-0.4, -0.2) is 29.2 Å². The van der Waals surface area contributed by atoms with Crippen molar-refractivity contribution in [2.45, 2.75) is 25.4 Å². The molecular weight excluding hydrogens is 182 g/mol. The smallest absolute Gasteiger partial charge is 0.0587 e. The van der Waals surface area contributed by atoms with Crippen LogP contribution in [0.4, 0.5) is 0 Å². The summed E-state index contributed by atoms with van der Waals surface area (Å²) < 4.78 is 0. The first kappa shape index (κ1) is 9.19. The normalized spacial score (nSPS) is 23.9. The predicted molar refractivity (Wildman–Crippen MR) is 54.8 cm³/mol. The molecule has 0 amide bonds. The Hall–Kier alpha value is -0.380. The number of nitrogens with zero attached hydrogens (tertiary/aromatic N) is 1. The number of hydrogen-bond donors (Lipinski definition) is 1. The highest BCUT2D eigenvalue weighted by Gasteiger charge is 2.23. The Morgan fingerprint density at radius 3 is 3.23 bits per heavy atom. The van der Waals surface area contributed by atoms with Crippen LogP contribution in [0.3, 0.4) is 0 Å². The van der Waals surface area contributed by atoms with Crippen LogP contribution in [0.15, 0.2) is 17.5 Å². The zero-order valence-electron chi connectivity index (χ0n) is 7.65. The molecule has 1 aliphatic heterocycles. The first-order valence-electron chi connectivity index (χ1n) is 4.77. The molecule has 0 bridgehead atoms. The van der Waals surface area contributed by atoms with E-state index in [-0.39, 0.29) is 0 Å². The Morgan fingerprint density at radius 1 is 1.62 bits per heavy atom. The monoisotopic (exact) mass is 197 g/mol. The van der Waals surface area contributed by atoms with Crippen molar-refractivity contribution in [3.8, 4) is 0 Å². The van der Waals surface area contributed by atoms with Crippen LogP contribution in [0, 0.1) is 0 Å². The number of hydrogen-bond acceptors (Lipinski definition) is 3. The van der Waals surface area contributed by atoms with Crippen molar-refractivity contribution in [2.24, 2.45) is 0 Å². The van der Waals surface area contributed by atoms with Crippen molar-refractivity contribution in [1.29, 1.82) is 0 Å². The van der Waals surface area contributed by atoms with Crippen molar-refractivity contribution in [3.05, 3.63) is 22.4 Å². The molecule has 1 fully saturated rings. The quantitative estimate of drug-likeness (QED) is 0.797. The highest BCUT2D eigenvalue weighted by atomic mass is 32.1. The topological polar surface area (TPSA) is 23.5 Å². The molecule has 13 heavy (non-hydrogen) atoms. The van der Waals surface area contributed by atoms with Gasteiger partial charge >= 0.3 is 0 Å². The summed E-state index contributed by atoms with van der Waals surface area (Å²) in [6.07, 6.45) is 2.39. The second-order valence-electron chi connectivity index (χ2n) is 3.53. The molecule has 2 heterocycles. The molecule has 0 radical (unpaired) electrons. The van der Waals surface area contributed by atoms with Gasteiger partial charge in [0.25, 0.3) is 0 Å². The zero-order valence-corrected chi connectivity index (χ0v) is 8.46. The van der Waals surface area contributed by atoms with Crippen molar-refractivity contribution < 1.29 is 5.11 Å². The number of aliphatic hydroxyl groups is 1. The Bertz CT molecular complexity index is 247. The maximum atomic E-state index is 9.13. The molecule has 3 heteroatoms. The molecule has 0 aliphatic carbocycles. The molecule has 1 aromatic heterocycles. The lowest BCUT2D eigenvalue weighted by molar-refractivity contribution is 0.154. The maximum absolute atomic E-state index is 9.13. The third-order valence-electron chi connectivity index (χ3n) is 2.65. The van der Waals surface area contributed by atoms with Gasteiger partial charge in [-0.2, -0.15) is 0 Å². The second-order valence-corrected chi connectivity index (χ2v) is 4.56. The first-order valence-corrected chi connectivity index (χ1v) is 5.65. The van der Waals surface area contributed by atoms with E-state index < -0.39 is 0 Å². The van der Waals surface area contributed by atoms with Crippen molar-refractivity contribution in [1.82, 2.24) is 4.90 Å². The van der Waals surface area contributed by atoms with Gasteiger partial charge in [-0.3, -0.25) is 4.90 Å². The zero-order chi connectivity index (χ0) is 9.10. The summed E-state index contributed by atoms with van der Waals surface area (Å²) in [5, 5.41) is 11.2. The molecule has 1 saturated heterocycles. The molecule has 2 nitrogen and oxygen atoms in total. The number of aliphatic hydroxyl groups excluding tert-OH is 1. The van der Waals surface area contributed by atoms with Crippen molar-refractivity contribution in [2.75, 3.05) is 13.2 Å². The van der Waals surface area contributed by atoms with Crippen LogP contribution in [0.1, 0.15) is 17.7 Å². The Kier molecular flexibility index (Phi) is 2.98. The lowest BCUT2D eigenvalue weighted by Crippen LogP contribution is -2.31. The van der Waals surface area contributed by atoms with E-state index in [2.05, 4.69) is 22.4 Å². The van der Waals surface area contributed by atoms with Gasteiger partial charge in [0.2, 0.25) is 0 Å². The standard InChI is InChI=1S/C10H15NOS/c12-8-9-3-1-5-11(9)7-10-4-2-6-13-10/h2,4,6,9,12H,1,3,5,7-8H2/t9-/m0/s1. The lowest BCUT2D eigenvalue weighted by Gasteiger charge is -2.21. The van der Waals surface area contributed by atoms with E-state index in [1.807, 2.05) is 0 Å². The van der Waals surface area contributed by atoms with E-state index in [4.69, 9.17) is 5.11 Å². The van der Waals surface area contributed by atoms with E-state index >= 15 is 0 Å². The summed E-state index contributed by atoms with van der Waals surface area (Å²) in [6, 6.07) is 4.66. The summed E-state index contributed by atoms with van der Waals surface area (Å²) in [5.74, 6) is 0. The van der Waals surface area contributed by atoms with Gasteiger partial charge in [0.15, 0.2) is 0 Å². The summed E-state index contributed by atoms with van der Waals surface area (Å²) in [5.41, 5.74) is 0. The Labute approximate surface area is 82.8 Å². The molecule has 72 valence electrons. The molecule has 1 aliphatic rings. The minimum Gasteiger partial charge on any atom is -0.395 e. The predicted octanol–water partition coefficient (Wildman–Crippen LogP) is 1.70. The van der Waals surface area contributed by atoms with Crippen LogP contribution >= 0.6 is 11.3 Å². The van der Waals surface area contributed by atoms with Crippen LogP contribution < -0.4 is 0 Å². The van der Waals surface area contributed by atoms with Gasteiger partial charge in [-0.25, -0.2) is 0 Å². The van der Waals surface area contributed by atoms with Crippen LogP contribution in [-0.2, 0) is 6.54 Å². The number of thiophene rings is 1. The summed E-state index contributed by atoms with van der Waals surface area (Å²) in [6.45, 7) is 2.47. The van der Waals surface area contributed by atoms with Gasteiger partial charge in [0.05, 0.1) is 6.61 Å². The molecule has 0 spiro atoms. The van der Waals surface area contributed by atoms with Crippen LogP contribution in [0.5, 0.6) is 0 Å². The Morgan fingerprint density at radius 2 is 2.54 bits per heavy atom. The number of rotatable bonds is 3. The van der Waals surface area contributed by atoms with E-state index in [1.54, 1.807) is 11.3 Å². The summed E-state index contributed by atoms with van der Waals surface area (Å²) in [4.78, 5) is 3.78. The summed E-state index contributed by atoms with van der Waals surface area (Å²) in [7, 11) is 0. The van der Waals surface area contributed by atoms with Gasteiger partial charge < -0.3 is 5.11 Å². The van der Waals surface area contributed by atoms with Crippen molar-refractivity contribution >= 4 is 11.3 Å². The SMILES string of the molecule is OC[C@@H]1CCCN1Cc1cccs1. The van der Waals surface area contributed by atoms with E-state index in [1.165, 1.54) is 11.3 Å². The van der Waals surface area contributed by atoms with Crippen LogP contribution in [0.25, 0.3) is 0 Å². The van der Waals surface area contributed by atoms with E-state index in [9.17, 15) is 0 Å². The molecule has 0 unspecified atom stereocenters. The van der Waals surface area contributed by atoms with Gasteiger partial charge in [-0.15, -0.1) is 11.3 Å². The highest BCUT2D eigenvalue weighted by Crippen LogP contribution is 2.21. The summed E-state index contributed by atoms with van der Waals surface area (Å²) >= 11 is 1.80. The minimum atomic E-state index is 0.311. The molecule has 0 saturated carbocycles. The second kappa shape index (κ2) is 4.22. The molecule has 2 rings (SSSR count). The molecule has 1 atom stereocenters. The van der Waals surface area contributed by atoms with Gasteiger partial charge in [0, 0.05) is 17.5 Å². The van der Waals surface area contributed by atoms with Gasteiger partial charge in [-0.05, 0) is 30.8 Å². The van der Waals surface area contributed by atoms with Gasteiger partial charge in [0.1, 0.15) is 0 Å². The van der Waals surface area contributed by atoms with E-state index in [0.717, 1.165) is 19.5 Å². The average molecular weight is 197 g/mol. The largest absolute Gasteiger partial charge is 0.395 e. The lowest BCUT2D eigenvalue weighted by atomic mass is 10.2. The third kappa shape index (κ3) is 2.10. The van der Waals surface area contributed by atoms with Gasteiger partial charge in [-0.1, -0.05) is 6.07 Å². The fourth-order valence-electron chi connectivity index (χ4n) is 1.91. The van der Waals surface area contributed by atoms with Crippen molar-refractivity contribution in [3.63, 3.8) is 0 Å².